The maximum atomic E-state index is 12.0. The Hall–Kier alpha value is -1.91. The Bertz CT molecular complexity index is 433. The van der Waals surface area contributed by atoms with Gasteiger partial charge in [-0.3, -0.25) is 14.6 Å². The Balaban J connectivity index is 1.82. The van der Waals surface area contributed by atoms with Crippen LogP contribution in [-0.2, 0) is 16.0 Å². The van der Waals surface area contributed by atoms with Crippen LogP contribution in [0.1, 0.15) is 12.1 Å². The van der Waals surface area contributed by atoms with Crippen molar-refractivity contribution in [2.75, 3.05) is 20.1 Å². The van der Waals surface area contributed by atoms with Crippen molar-refractivity contribution in [3.05, 3.63) is 30.1 Å². The van der Waals surface area contributed by atoms with Crippen LogP contribution in [0.3, 0.4) is 0 Å². The average Bonchev–Trinajstić information content (AvgIpc) is 2.83. The van der Waals surface area contributed by atoms with Gasteiger partial charge >= 0.3 is 0 Å². The number of nitrogens with one attached hydrogen (secondary N) is 1. The smallest absolute Gasteiger partial charge is 0.227 e. The number of aromatic nitrogens is 1. The third-order valence-electron chi connectivity index (χ3n) is 3.13. The van der Waals surface area contributed by atoms with Gasteiger partial charge < -0.3 is 10.2 Å². The molecule has 1 saturated heterocycles. The molecule has 0 spiro atoms. The summed E-state index contributed by atoms with van der Waals surface area (Å²) in [6.45, 7) is 1.09. The minimum atomic E-state index is -0.203. The van der Waals surface area contributed by atoms with Gasteiger partial charge in [0.25, 0.3) is 0 Å². The van der Waals surface area contributed by atoms with Crippen LogP contribution in [0.5, 0.6) is 0 Å². The second-order valence-corrected chi connectivity index (χ2v) is 4.54. The number of rotatable bonds is 4. The minimum absolute atomic E-state index is 0.0317. The van der Waals surface area contributed by atoms with Crippen LogP contribution in [0.15, 0.2) is 24.4 Å². The van der Waals surface area contributed by atoms with Gasteiger partial charge in [0, 0.05) is 44.9 Å². The molecule has 1 aromatic heterocycles. The Morgan fingerprint density at radius 3 is 3.00 bits per heavy atom. The summed E-state index contributed by atoms with van der Waals surface area (Å²) in [5.74, 6) is -0.206. The molecule has 1 fully saturated rings. The van der Waals surface area contributed by atoms with Crippen molar-refractivity contribution in [2.45, 2.75) is 12.8 Å². The Morgan fingerprint density at radius 1 is 1.56 bits per heavy atom. The number of amides is 2. The first kappa shape index (κ1) is 12.5. The first-order valence-corrected chi connectivity index (χ1v) is 6.08. The fraction of sp³-hybridized carbons (Fsp3) is 0.462. The highest BCUT2D eigenvalue weighted by molar-refractivity contribution is 5.89. The van der Waals surface area contributed by atoms with Crippen LogP contribution >= 0.6 is 0 Å². The third-order valence-corrected chi connectivity index (χ3v) is 3.13. The van der Waals surface area contributed by atoms with Crippen molar-refractivity contribution in [3.63, 3.8) is 0 Å². The van der Waals surface area contributed by atoms with E-state index in [0.29, 0.717) is 19.5 Å². The zero-order chi connectivity index (χ0) is 13.0. The zero-order valence-electron chi connectivity index (χ0n) is 10.4. The molecule has 1 N–H and O–H groups in total. The van der Waals surface area contributed by atoms with Crippen molar-refractivity contribution in [3.8, 4) is 0 Å². The monoisotopic (exact) mass is 247 g/mol. The predicted molar refractivity (Wildman–Crippen MR) is 66.7 cm³/mol. The summed E-state index contributed by atoms with van der Waals surface area (Å²) in [6, 6.07) is 5.75. The maximum Gasteiger partial charge on any atom is 0.227 e. The highest BCUT2D eigenvalue weighted by Gasteiger charge is 2.29. The molecule has 1 aromatic rings. The van der Waals surface area contributed by atoms with Crippen LogP contribution in [0.4, 0.5) is 0 Å². The summed E-state index contributed by atoms with van der Waals surface area (Å²) in [4.78, 5) is 29.0. The number of carbonyl (C=O) groups excluding carboxylic acids is 2. The lowest BCUT2D eigenvalue weighted by molar-refractivity contribution is -0.134. The van der Waals surface area contributed by atoms with Gasteiger partial charge in [0.1, 0.15) is 0 Å². The maximum absolute atomic E-state index is 12.0. The van der Waals surface area contributed by atoms with Crippen LogP contribution in [0.2, 0.25) is 0 Å². The van der Waals surface area contributed by atoms with Gasteiger partial charge in [0.15, 0.2) is 0 Å². The summed E-state index contributed by atoms with van der Waals surface area (Å²) < 4.78 is 0. The van der Waals surface area contributed by atoms with E-state index in [4.69, 9.17) is 0 Å². The Morgan fingerprint density at radius 2 is 2.39 bits per heavy atom. The van der Waals surface area contributed by atoms with Crippen molar-refractivity contribution in [2.24, 2.45) is 5.92 Å². The normalized spacial score (nSPS) is 18.5. The summed E-state index contributed by atoms with van der Waals surface area (Å²) in [7, 11) is 1.77. The first-order valence-electron chi connectivity index (χ1n) is 6.08. The lowest BCUT2D eigenvalue weighted by Crippen LogP contribution is -2.35. The van der Waals surface area contributed by atoms with E-state index in [-0.39, 0.29) is 17.7 Å². The molecule has 2 rings (SSSR count). The number of likely N-dealkylation sites (N-methyl/N-ethyl adjacent to an activating group) is 1. The molecule has 1 aliphatic rings. The second kappa shape index (κ2) is 5.62. The molecule has 5 heteroatoms. The van der Waals surface area contributed by atoms with Gasteiger partial charge in [-0.2, -0.15) is 0 Å². The van der Waals surface area contributed by atoms with E-state index in [1.54, 1.807) is 18.1 Å². The molecule has 2 amide bonds. The predicted octanol–water partition coefficient (Wildman–Crippen LogP) is 0.219. The fourth-order valence-corrected chi connectivity index (χ4v) is 2.03. The van der Waals surface area contributed by atoms with Crippen LogP contribution in [0, 0.1) is 5.92 Å². The zero-order valence-corrected chi connectivity index (χ0v) is 10.4. The lowest BCUT2D eigenvalue weighted by atomic mass is 10.1. The molecule has 1 unspecified atom stereocenters. The third kappa shape index (κ3) is 3.06. The molecular formula is C13H17N3O2. The van der Waals surface area contributed by atoms with E-state index in [1.165, 1.54) is 0 Å². The molecule has 0 bridgehead atoms. The van der Waals surface area contributed by atoms with Gasteiger partial charge in [-0.05, 0) is 12.1 Å². The Kier molecular flexibility index (Phi) is 3.92. The topological polar surface area (TPSA) is 62.3 Å². The van der Waals surface area contributed by atoms with E-state index < -0.39 is 0 Å². The molecular weight excluding hydrogens is 230 g/mol. The summed E-state index contributed by atoms with van der Waals surface area (Å²) in [6.07, 6.45) is 2.79. The molecule has 0 aromatic carbocycles. The highest BCUT2D eigenvalue weighted by atomic mass is 16.2. The summed E-state index contributed by atoms with van der Waals surface area (Å²) in [5, 5.41) is 2.68. The van der Waals surface area contributed by atoms with E-state index in [0.717, 1.165) is 12.1 Å². The van der Waals surface area contributed by atoms with Gasteiger partial charge in [-0.15, -0.1) is 0 Å². The molecule has 0 saturated carbocycles. The van der Waals surface area contributed by atoms with Gasteiger partial charge in [0.05, 0.1) is 5.92 Å². The molecule has 96 valence electrons. The molecule has 1 atom stereocenters. The van der Waals surface area contributed by atoms with Gasteiger partial charge in [-0.25, -0.2) is 0 Å². The van der Waals surface area contributed by atoms with Gasteiger partial charge in [0.2, 0.25) is 11.8 Å². The largest absolute Gasteiger partial charge is 0.355 e. The molecule has 2 heterocycles. The number of pyridine rings is 1. The number of hydrogen-bond donors (Lipinski definition) is 1. The van der Waals surface area contributed by atoms with Gasteiger partial charge in [-0.1, -0.05) is 6.07 Å². The van der Waals surface area contributed by atoms with Crippen molar-refractivity contribution >= 4 is 11.8 Å². The summed E-state index contributed by atoms with van der Waals surface area (Å²) >= 11 is 0. The van der Waals surface area contributed by atoms with E-state index >= 15 is 0 Å². The van der Waals surface area contributed by atoms with E-state index in [1.807, 2.05) is 18.2 Å². The van der Waals surface area contributed by atoms with Crippen molar-refractivity contribution in [1.29, 1.82) is 0 Å². The molecule has 1 aliphatic heterocycles. The number of nitrogens with zero attached hydrogens (tertiary/aromatic N) is 2. The van der Waals surface area contributed by atoms with E-state index in [2.05, 4.69) is 10.3 Å². The van der Waals surface area contributed by atoms with E-state index in [9.17, 15) is 9.59 Å². The number of hydrogen-bond acceptors (Lipinski definition) is 3. The SMILES string of the molecule is CN(CCc1ccccn1)C(=O)C1CNC(=O)C1. The van der Waals surface area contributed by atoms with Crippen LogP contribution in [0.25, 0.3) is 0 Å². The fourth-order valence-electron chi connectivity index (χ4n) is 2.03. The first-order chi connectivity index (χ1) is 8.66. The van der Waals surface area contributed by atoms with Crippen molar-refractivity contribution in [1.82, 2.24) is 15.2 Å². The second-order valence-electron chi connectivity index (χ2n) is 4.54. The van der Waals surface area contributed by atoms with Crippen LogP contribution < -0.4 is 5.32 Å². The lowest BCUT2D eigenvalue weighted by Gasteiger charge is -2.19. The van der Waals surface area contributed by atoms with Crippen LogP contribution in [-0.4, -0.2) is 41.8 Å². The molecule has 0 radical (unpaired) electrons. The minimum Gasteiger partial charge on any atom is -0.355 e. The Labute approximate surface area is 106 Å². The summed E-state index contributed by atoms with van der Waals surface area (Å²) in [5.41, 5.74) is 0.970. The molecule has 5 nitrogen and oxygen atoms in total. The average molecular weight is 247 g/mol. The standard InChI is InChI=1S/C13H17N3O2/c1-16(7-5-11-4-2-3-6-14-11)13(18)10-8-12(17)15-9-10/h2-4,6,10H,5,7-9H2,1H3,(H,15,17). The quantitative estimate of drug-likeness (QED) is 0.828. The highest BCUT2D eigenvalue weighted by Crippen LogP contribution is 2.12. The number of carbonyl (C=O) groups is 2. The molecule has 0 aliphatic carbocycles. The molecule has 18 heavy (non-hydrogen) atoms. The van der Waals surface area contributed by atoms with Crippen molar-refractivity contribution < 1.29 is 9.59 Å².